The fourth-order valence-corrected chi connectivity index (χ4v) is 4.16. The first kappa shape index (κ1) is 19.5. The fraction of sp³-hybridized carbons (Fsp3) is 0.333. The van der Waals surface area contributed by atoms with Crippen molar-refractivity contribution in [3.05, 3.63) is 53.2 Å². The summed E-state index contributed by atoms with van der Waals surface area (Å²) in [6.45, 7) is 3.67. The van der Waals surface area contributed by atoms with Crippen LogP contribution in [0.15, 0.2) is 46.4 Å². The number of thiazole rings is 1. The van der Waals surface area contributed by atoms with Gasteiger partial charge in [-0.15, -0.1) is 11.3 Å². The molecule has 0 saturated carbocycles. The van der Waals surface area contributed by atoms with Crippen molar-refractivity contribution in [2.75, 3.05) is 40.4 Å². The number of aromatic nitrogens is 1. The van der Waals surface area contributed by atoms with Gasteiger partial charge in [-0.05, 0) is 30.3 Å². The predicted molar refractivity (Wildman–Crippen MR) is 111 cm³/mol. The van der Waals surface area contributed by atoms with Crippen molar-refractivity contribution in [2.45, 2.75) is 6.54 Å². The highest BCUT2D eigenvalue weighted by molar-refractivity contribution is 7.13. The van der Waals surface area contributed by atoms with E-state index >= 15 is 0 Å². The van der Waals surface area contributed by atoms with Crippen LogP contribution in [-0.2, 0) is 6.54 Å². The number of hydrogen-bond donors (Lipinski definition) is 0. The van der Waals surface area contributed by atoms with Crippen LogP contribution in [-0.4, -0.2) is 61.1 Å². The number of carbonyl (C=O) groups excluding carboxylic acids is 1. The summed E-state index contributed by atoms with van der Waals surface area (Å²) in [5, 5.41) is 2.52. The number of piperazine rings is 1. The summed E-state index contributed by atoms with van der Waals surface area (Å²) in [6, 6.07) is 9.48. The monoisotopic (exact) mass is 413 g/mol. The van der Waals surface area contributed by atoms with Crippen LogP contribution < -0.4 is 9.47 Å². The Morgan fingerprint density at radius 2 is 2.00 bits per heavy atom. The molecule has 152 valence electrons. The fourth-order valence-electron chi connectivity index (χ4n) is 3.40. The zero-order valence-corrected chi connectivity index (χ0v) is 17.3. The highest BCUT2D eigenvalue weighted by Gasteiger charge is 2.25. The molecule has 0 N–H and O–H groups in total. The van der Waals surface area contributed by atoms with Gasteiger partial charge < -0.3 is 18.8 Å². The van der Waals surface area contributed by atoms with Gasteiger partial charge in [0.05, 0.1) is 20.5 Å². The highest BCUT2D eigenvalue weighted by atomic mass is 32.1. The van der Waals surface area contributed by atoms with E-state index in [-0.39, 0.29) is 5.91 Å². The topological polar surface area (TPSA) is 68.0 Å². The van der Waals surface area contributed by atoms with Crippen molar-refractivity contribution >= 4 is 17.2 Å². The smallest absolute Gasteiger partial charge is 0.273 e. The number of carbonyl (C=O) groups is 1. The van der Waals surface area contributed by atoms with Crippen molar-refractivity contribution in [1.82, 2.24) is 14.8 Å². The number of furan rings is 1. The summed E-state index contributed by atoms with van der Waals surface area (Å²) < 4.78 is 16.2. The molecule has 1 saturated heterocycles. The van der Waals surface area contributed by atoms with E-state index in [0.717, 1.165) is 41.7 Å². The molecule has 0 radical (unpaired) electrons. The minimum atomic E-state index is -0.0299. The van der Waals surface area contributed by atoms with Crippen molar-refractivity contribution in [1.29, 1.82) is 0 Å². The second-order valence-corrected chi connectivity index (χ2v) is 7.62. The summed E-state index contributed by atoms with van der Waals surface area (Å²) in [4.78, 5) is 21.4. The average Bonchev–Trinajstić information content (AvgIpc) is 3.45. The van der Waals surface area contributed by atoms with Crippen LogP contribution in [0, 0.1) is 0 Å². The number of methoxy groups -OCH3 is 2. The molecule has 29 heavy (non-hydrogen) atoms. The summed E-state index contributed by atoms with van der Waals surface area (Å²) in [5.41, 5.74) is 1.55. The van der Waals surface area contributed by atoms with E-state index in [1.165, 1.54) is 11.3 Å². The second-order valence-electron chi connectivity index (χ2n) is 6.76. The Labute approximate surface area is 173 Å². The van der Waals surface area contributed by atoms with Crippen LogP contribution in [0.3, 0.4) is 0 Å². The Morgan fingerprint density at radius 1 is 1.17 bits per heavy atom. The van der Waals surface area contributed by atoms with Crippen molar-refractivity contribution in [2.24, 2.45) is 0 Å². The van der Waals surface area contributed by atoms with Gasteiger partial charge in [-0.1, -0.05) is 0 Å². The minimum Gasteiger partial charge on any atom is -0.497 e. The lowest BCUT2D eigenvalue weighted by molar-refractivity contribution is 0.0622. The molecule has 2 aromatic heterocycles. The van der Waals surface area contributed by atoms with Crippen LogP contribution in [0.1, 0.15) is 16.1 Å². The van der Waals surface area contributed by atoms with E-state index in [1.807, 2.05) is 35.2 Å². The third kappa shape index (κ3) is 4.28. The van der Waals surface area contributed by atoms with Crippen LogP contribution in [0.5, 0.6) is 11.5 Å². The van der Waals surface area contributed by atoms with Crippen molar-refractivity contribution in [3.63, 3.8) is 0 Å². The van der Waals surface area contributed by atoms with Crippen molar-refractivity contribution < 1.29 is 18.7 Å². The molecule has 1 aliphatic rings. The summed E-state index contributed by atoms with van der Waals surface area (Å²) >= 11 is 1.42. The van der Waals surface area contributed by atoms with Crippen molar-refractivity contribution in [3.8, 4) is 22.3 Å². The summed E-state index contributed by atoms with van der Waals surface area (Å²) in [7, 11) is 3.33. The lowest BCUT2D eigenvalue weighted by Gasteiger charge is -2.34. The van der Waals surface area contributed by atoms with Crippen LogP contribution in [0.2, 0.25) is 0 Å². The molecule has 4 rings (SSSR count). The standard InChI is InChI=1S/C21H23N3O4S/c1-26-16-5-6-18(27-2)15(12-16)13-23-7-9-24(10-8-23)21(25)17-14-29-20(22-17)19-4-3-11-28-19/h3-6,11-12,14H,7-10,13H2,1-2H3. The SMILES string of the molecule is COc1ccc(OC)c(CN2CCN(C(=O)c3csc(-c4ccco4)n3)CC2)c1. The number of benzene rings is 1. The van der Waals surface area contributed by atoms with Gasteiger partial charge in [0, 0.05) is 43.7 Å². The third-order valence-electron chi connectivity index (χ3n) is 5.00. The normalized spacial score (nSPS) is 14.8. The Bertz CT molecular complexity index is 962. The number of rotatable bonds is 6. The van der Waals surface area contributed by atoms with Crippen LogP contribution >= 0.6 is 11.3 Å². The van der Waals surface area contributed by atoms with Gasteiger partial charge in [0.1, 0.15) is 17.2 Å². The van der Waals surface area contributed by atoms with Crippen LogP contribution in [0.25, 0.3) is 10.8 Å². The molecule has 0 spiro atoms. The molecule has 1 aromatic carbocycles. The number of nitrogens with zero attached hydrogens (tertiary/aromatic N) is 3. The molecule has 1 fully saturated rings. The van der Waals surface area contributed by atoms with E-state index in [2.05, 4.69) is 9.88 Å². The lowest BCUT2D eigenvalue weighted by atomic mass is 10.1. The van der Waals surface area contributed by atoms with Gasteiger partial charge in [0.25, 0.3) is 5.91 Å². The van der Waals surface area contributed by atoms with E-state index in [0.29, 0.717) is 24.5 Å². The zero-order chi connectivity index (χ0) is 20.2. The molecule has 8 heteroatoms. The number of ether oxygens (including phenoxy) is 2. The van der Waals surface area contributed by atoms with Gasteiger partial charge in [-0.3, -0.25) is 9.69 Å². The first-order valence-electron chi connectivity index (χ1n) is 9.40. The van der Waals surface area contributed by atoms with E-state index < -0.39 is 0 Å². The molecule has 1 aliphatic heterocycles. The predicted octanol–water partition coefficient (Wildman–Crippen LogP) is 3.38. The number of amides is 1. The molecule has 0 aliphatic carbocycles. The lowest BCUT2D eigenvalue weighted by Crippen LogP contribution is -2.48. The molecule has 1 amide bonds. The first-order chi connectivity index (χ1) is 14.2. The Kier molecular flexibility index (Phi) is 5.82. The van der Waals surface area contributed by atoms with Gasteiger partial charge in [-0.25, -0.2) is 4.98 Å². The third-order valence-corrected chi connectivity index (χ3v) is 5.85. The summed E-state index contributed by atoms with van der Waals surface area (Å²) in [6.07, 6.45) is 1.61. The first-order valence-corrected chi connectivity index (χ1v) is 10.3. The van der Waals surface area contributed by atoms with Gasteiger partial charge in [-0.2, -0.15) is 0 Å². The van der Waals surface area contributed by atoms with Gasteiger partial charge in [0.15, 0.2) is 10.8 Å². The zero-order valence-electron chi connectivity index (χ0n) is 16.5. The molecule has 0 atom stereocenters. The maximum Gasteiger partial charge on any atom is 0.273 e. The minimum absolute atomic E-state index is 0.0299. The molecule has 0 unspecified atom stereocenters. The molecule has 3 heterocycles. The largest absolute Gasteiger partial charge is 0.497 e. The average molecular weight is 413 g/mol. The highest BCUT2D eigenvalue weighted by Crippen LogP contribution is 2.27. The van der Waals surface area contributed by atoms with Crippen LogP contribution in [0.4, 0.5) is 0 Å². The Morgan fingerprint density at radius 3 is 2.69 bits per heavy atom. The molecule has 7 nitrogen and oxygen atoms in total. The van der Waals surface area contributed by atoms with E-state index in [9.17, 15) is 4.79 Å². The molecule has 0 bridgehead atoms. The maximum atomic E-state index is 12.8. The summed E-state index contributed by atoms with van der Waals surface area (Å²) in [5.74, 6) is 2.31. The Hall–Kier alpha value is -2.84. The Balaban J connectivity index is 1.37. The molecular formula is C21H23N3O4S. The van der Waals surface area contributed by atoms with E-state index in [4.69, 9.17) is 13.9 Å². The molecule has 3 aromatic rings. The van der Waals surface area contributed by atoms with E-state index in [1.54, 1.807) is 25.9 Å². The maximum absolute atomic E-state index is 12.8. The second kappa shape index (κ2) is 8.67. The van der Waals surface area contributed by atoms with Gasteiger partial charge >= 0.3 is 0 Å². The number of hydrogen-bond acceptors (Lipinski definition) is 7. The van der Waals surface area contributed by atoms with Gasteiger partial charge in [0.2, 0.25) is 0 Å². The molecular weight excluding hydrogens is 390 g/mol. The quantitative estimate of drug-likeness (QED) is 0.617.